The average molecular weight is 495 g/mol. The number of carbonyl (C=O) groups is 1. The summed E-state index contributed by atoms with van der Waals surface area (Å²) in [7, 11) is 1.39. The van der Waals surface area contributed by atoms with Crippen molar-refractivity contribution in [2.24, 2.45) is 5.73 Å². The topological polar surface area (TPSA) is 111 Å². The van der Waals surface area contributed by atoms with Crippen molar-refractivity contribution in [3.63, 3.8) is 0 Å². The lowest BCUT2D eigenvalue weighted by Gasteiger charge is -2.27. The molecule has 0 saturated heterocycles. The number of hydrogen-bond acceptors (Lipinski definition) is 7. The first kappa shape index (κ1) is 32.5. The van der Waals surface area contributed by atoms with Gasteiger partial charge in [0, 0.05) is 6.42 Å². The van der Waals surface area contributed by atoms with Crippen LogP contribution in [0.4, 0.5) is 0 Å². The number of nitrogens with two attached hydrogens (primary N) is 1. The van der Waals surface area contributed by atoms with Gasteiger partial charge in [-0.05, 0) is 6.42 Å². The van der Waals surface area contributed by atoms with Crippen molar-refractivity contribution in [3.05, 3.63) is 0 Å². The summed E-state index contributed by atoms with van der Waals surface area (Å²) in [6, 6.07) is -0.718. The smallest absolute Gasteiger partial charge is 0.305 e. The molecule has 8 nitrogen and oxygen atoms in total. The molecule has 0 fully saturated rings. The summed E-state index contributed by atoms with van der Waals surface area (Å²) in [4.78, 5) is 23.5. The Morgan fingerprint density at radius 3 is 1.82 bits per heavy atom. The quantitative estimate of drug-likeness (QED) is 0.0960. The van der Waals surface area contributed by atoms with E-state index in [0.29, 0.717) is 17.4 Å². The first-order valence-electron chi connectivity index (χ1n) is 12.9. The summed E-state index contributed by atoms with van der Waals surface area (Å²) in [6.07, 6.45) is 16.6. The van der Waals surface area contributed by atoms with Crippen LogP contribution in [-0.4, -0.2) is 64.0 Å². The van der Waals surface area contributed by atoms with Gasteiger partial charge in [0.1, 0.15) is 19.8 Å². The molecule has 0 aliphatic rings. The SMILES string of the molecule is CCCCCCCCCCCCCCCC(=O)OCC(N)COP(=O)([O-])OCC[N+](C)(C)C. The van der Waals surface area contributed by atoms with Crippen molar-refractivity contribution >= 4 is 13.8 Å². The maximum Gasteiger partial charge on any atom is 0.305 e. The van der Waals surface area contributed by atoms with Crippen LogP contribution in [0, 0.1) is 0 Å². The minimum atomic E-state index is -4.40. The first-order valence-corrected chi connectivity index (χ1v) is 14.3. The first-order chi connectivity index (χ1) is 15.6. The van der Waals surface area contributed by atoms with Gasteiger partial charge in [-0.1, -0.05) is 84.0 Å². The third kappa shape index (κ3) is 24.4. The zero-order chi connectivity index (χ0) is 25.0. The van der Waals surface area contributed by atoms with E-state index in [4.69, 9.17) is 19.5 Å². The lowest BCUT2D eigenvalue weighted by atomic mass is 10.0. The minimum absolute atomic E-state index is 0.0353. The number of quaternary nitrogens is 1. The third-order valence-corrected chi connectivity index (χ3v) is 6.37. The zero-order valence-corrected chi connectivity index (χ0v) is 22.6. The molecule has 0 radical (unpaired) electrons. The fourth-order valence-corrected chi connectivity index (χ4v) is 4.01. The second-order valence-electron chi connectivity index (χ2n) is 10.0. The van der Waals surface area contributed by atoms with Crippen LogP contribution in [0.1, 0.15) is 96.8 Å². The number of carbonyl (C=O) groups excluding carboxylic acids is 1. The molecule has 0 aliphatic carbocycles. The summed E-state index contributed by atoms with van der Waals surface area (Å²) in [5.41, 5.74) is 5.78. The van der Waals surface area contributed by atoms with Crippen LogP contribution in [0.25, 0.3) is 0 Å². The number of ether oxygens (including phenoxy) is 1. The van der Waals surface area contributed by atoms with Crippen LogP contribution >= 0.6 is 7.82 Å². The Morgan fingerprint density at radius 1 is 0.848 bits per heavy atom. The largest absolute Gasteiger partial charge is 0.756 e. The number of rotatable bonds is 23. The predicted octanol–water partition coefficient (Wildman–Crippen LogP) is 4.55. The molecule has 0 aromatic rings. The molecule has 9 heteroatoms. The van der Waals surface area contributed by atoms with Gasteiger partial charge in [-0.2, -0.15) is 0 Å². The van der Waals surface area contributed by atoms with Gasteiger partial charge in [0.2, 0.25) is 0 Å². The number of esters is 1. The zero-order valence-electron chi connectivity index (χ0n) is 21.7. The van der Waals surface area contributed by atoms with E-state index < -0.39 is 13.9 Å². The van der Waals surface area contributed by atoms with Crippen LogP contribution in [0.3, 0.4) is 0 Å². The van der Waals surface area contributed by atoms with E-state index in [1.807, 2.05) is 21.1 Å². The minimum Gasteiger partial charge on any atom is -0.756 e. The molecule has 0 saturated carbocycles. The standard InChI is InChI=1S/C24H51N2O6P/c1-5-6-7-8-9-10-11-12-13-14-15-16-17-18-24(27)30-21-23(25)22-32-33(28,29)31-20-19-26(2,3)4/h23H,5-22,25H2,1-4H3. The highest BCUT2D eigenvalue weighted by Gasteiger charge is 2.16. The van der Waals surface area contributed by atoms with Gasteiger partial charge in [0.05, 0.1) is 33.8 Å². The van der Waals surface area contributed by atoms with Gasteiger partial charge in [-0.25, -0.2) is 0 Å². The lowest BCUT2D eigenvalue weighted by molar-refractivity contribution is -0.870. The lowest BCUT2D eigenvalue weighted by Crippen LogP contribution is -2.38. The van der Waals surface area contributed by atoms with Crippen molar-refractivity contribution in [2.45, 2.75) is 103 Å². The highest BCUT2D eigenvalue weighted by Crippen LogP contribution is 2.38. The van der Waals surface area contributed by atoms with Crippen molar-refractivity contribution < 1.29 is 32.5 Å². The molecular weight excluding hydrogens is 443 g/mol. The van der Waals surface area contributed by atoms with Gasteiger partial charge in [0.25, 0.3) is 7.82 Å². The Morgan fingerprint density at radius 2 is 1.33 bits per heavy atom. The van der Waals surface area contributed by atoms with E-state index in [-0.39, 0.29) is 25.8 Å². The summed E-state index contributed by atoms with van der Waals surface area (Å²) in [5, 5.41) is 0. The molecule has 0 spiro atoms. The van der Waals surface area contributed by atoms with Crippen LogP contribution in [0.15, 0.2) is 0 Å². The van der Waals surface area contributed by atoms with Crippen molar-refractivity contribution in [1.29, 1.82) is 0 Å². The van der Waals surface area contributed by atoms with Gasteiger partial charge in [-0.15, -0.1) is 0 Å². The van der Waals surface area contributed by atoms with E-state index in [1.54, 1.807) is 0 Å². The molecule has 0 aromatic carbocycles. The number of phosphoric acid groups is 1. The summed E-state index contributed by atoms with van der Waals surface area (Å²) >= 11 is 0. The van der Waals surface area contributed by atoms with Crippen LogP contribution in [0.2, 0.25) is 0 Å². The van der Waals surface area contributed by atoms with Gasteiger partial charge in [-0.3, -0.25) is 9.36 Å². The second kappa shape index (κ2) is 19.8. The predicted molar refractivity (Wildman–Crippen MR) is 132 cm³/mol. The summed E-state index contributed by atoms with van der Waals surface area (Å²) in [6.45, 7) is 2.46. The summed E-state index contributed by atoms with van der Waals surface area (Å²) < 4.78 is 27.0. The molecule has 0 aliphatic heterocycles. The van der Waals surface area contributed by atoms with E-state index in [1.165, 1.54) is 64.2 Å². The van der Waals surface area contributed by atoms with Gasteiger partial charge in [0.15, 0.2) is 0 Å². The fourth-order valence-electron chi connectivity index (χ4n) is 3.26. The number of nitrogens with zero attached hydrogens (tertiary/aromatic N) is 1. The number of hydrogen-bond donors (Lipinski definition) is 1. The maximum atomic E-state index is 11.8. The molecule has 2 atom stereocenters. The van der Waals surface area contributed by atoms with Crippen LogP contribution in [-0.2, 0) is 23.1 Å². The highest BCUT2D eigenvalue weighted by molar-refractivity contribution is 7.45. The van der Waals surface area contributed by atoms with Crippen molar-refractivity contribution in [2.75, 3.05) is 47.5 Å². The Bertz CT molecular complexity index is 528. The third-order valence-electron chi connectivity index (χ3n) is 5.40. The molecule has 0 bridgehead atoms. The maximum absolute atomic E-state index is 11.8. The van der Waals surface area contributed by atoms with Gasteiger partial charge >= 0.3 is 5.97 Å². The van der Waals surface area contributed by atoms with Crippen LogP contribution < -0.4 is 10.6 Å². The van der Waals surface area contributed by atoms with Gasteiger partial charge < -0.3 is 28.9 Å². The Labute approximate surface area is 202 Å². The molecule has 2 N–H and O–H groups in total. The van der Waals surface area contributed by atoms with E-state index in [2.05, 4.69) is 6.92 Å². The molecule has 2 unspecified atom stereocenters. The molecule has 0 rings (SSSR count). The van der Waals surface area contributed by atoms with Crippen LogP contribution in [0.5, 0.6) is 0 Å². The van der Waals surface area contributed by atoms with E-state index in [9.17, 15) is 14.3 Å². The number of unbranched alkanes of at least 4 members (excludes halogenated alkanes) is 12. The van der Waals surface area contributed by atoms with E-state index in [0.717, 1.165) is 19.3 Å². The van der Waals surface area contributed by atoms with Crippen molar-refractivity contribution in [1.82, 2.24) is 0 Å². The summed E-state index contributed by atoms with van der Waals surface area (Å²) in [5.74, 6) is -0.307. The normalized spacial score (nSPS) is 14.7. The monoisotopic (exact) mass is 494 g/mol. The molecule has 198 valence electrons. The molecule has 33 heavy (non-hydrogen) atoms. The fraction of sp³-hybridized carbons (Fsp3) is 0.958. The second-order valence-corrected chi connectivity index (χ2v) is 11.4. The molecule has 0 aromatic heterocycles. The molecule has 0 amide bonds. The Hall–Kier alpha value is -0.500. The Balaban J connectivity index is 3.57. The molecular formula is C24H51N2O6P. The van der Waals surface area contributed by atoms with Crippen molar-refractivity contribution in [3.8, 4) is 0 Å². The highest BCUT2D eigenvalue weighted by atomic mass is 31.2. The Kier molecular flexibility index (Phi) is 19.5. The molecule has 0 heterocycles. The van der Waals surface area contributed by atoms with E-state index >= 15 is 0 Å². The average Bonchev–Trinajstić information content (AvgIpc) is 2.73. The number of phosphoric ester groups is 1. The number of likely N-dealkylation sites (N-methyl/N-ethyl adjacent to an activating group) is 1.